The Kier molecular flexibility index (Phi) is 13.4. The summed E-state index contributed by atoms with van der Waals surface area (Å²) in [5.41, 5.74) is 0. The molecule has 162 valence electrons. The smallest absolute Gasteiger partial charge is 0.391 e. The monoisotopic (exact) mass is 411 g/mol. The number of unbranched alkanes of at least 4 members (excludes halogenated alkanes) is 5. The Labute approximate surface area is 164 Å². The Morgan fingerprint density at radius 1 is 1.11 bits per heavy atom. The fourth-order valence-electron chi connectivity index (χ4n) is 2.49. The van der Waals surface area contributed by atoms with Gasteiger partial charge in [-0.05, 0) is 6.42 Å². The summed E-state index contributed by atoms with van der Waals surface area (Å²) in [6.45, 7) is 3.83. The molecule has 0 fully saturated rings. The van der Waals surface area contributed by atoms with Gasteiger partial charge in [-0.2, -0.15) is 0 Å². The number of carbonyl (C=O) groups excluding carboxylic acids is 1. The molecule has 0 rings (SSSR count). The number of aliphatic hydroxyl groups is 1. The average Bonchev–Trinajstić information content (AvgIpc) is 2.52. The first kappa shape index (κ1) is 26.5. The Morgan fingerprint density at radius 3 is 2.26 bits per heavy atom. The lowest BCUT2D eigenvalue weighted by Gasteiger charge is -2.26. The minimum atomic E-state index is -4.23. The molecule has 0 aromatic carbocycles. The molecule has 0 saturated carbocycles. The molecule has 0 aromatic heterocycles. The third-order valence-electron chi connectivity index (χ3n) is 4.14. The average molecular weight is 412 g/mol. The highest BCUT2D eigenvalue weighted by Gasteiger charge is 2.27. The summed E-state index contributed by atoms with van der Waals surface area (Å²) in [6, 6.07) is -0.749. The van der Waals surface area contributed by atoms with E-state index < -0.39 is 20.0 Å². The van der Waals surface area contributed by atoms with Crippen LogP contribution in [0.4, 0.5) is 0 Å². The second-order valence-corrected chi connectivity index (χ2v) is 9.50. The zero-order valence-electron chi connectivity index (χ0n) is 17.6. The molecular formula is C18H40N2O6P+. The summed E-state index contributed by atoms with van der Waals surface area (Å²) in [5.74, 6) is -0.329. The zero-order chi connectivity index (χ0) is 20.9. The molecule has 0 aromatic rings. The van der Waals surface area contributed by atoms with E-state index >= 15 is 0 Å². The number of phosphoric ester groups is 1. The van der Waals surface area contributed by atoms with Crippen molar-refractivity contribution in [2.45, 2.75) is 70.9 Å². The van der Waals surface area contributed by atoms with E-state index in [9.17, 15) is 19.4 Å². The van der Waals surface area contributed by atoms with E-state index in [1.807, 2.05) is 21.1 Å². The molecule has 1 amide bonds. The van der Waals surface area contributed by atoms with E-state index in [1.165, 1.54) is 26.2 Å². The van der Waals surface area contributed by atoms with Gasteiger partial charge in [-0.25, -0.2) is 4.57 Å². The predicted octanol–water partition coefficient (Wildman–Crippen LogP) is 2.44. The number of hydrogen-bond acceptors (Lipinski definition) is 5. The third kappa shape index (κ3) is 16.2. The summed E-state index contributed by atoms with van der Waals surface area (Å²) in [6.07, 6.45) is 6.20. The Hall–Kier alpha value is -0.500. The molecule has 0 aliphatic heterocycles. The summed E-state index contributed by atoms with van der Waals surface area (Å²) in [7, 11) is 1.59. The van der Waals surface area contributed by atoms with Crippen molar-refractivity contribution in [2.75, 3.05) is 40.9 Å². The molecule has 0 heterocycles. The van der Waals surface area contributed by atoms with Crippen molar-refractivity contribution in [3.05, 3.63) is 0 Å². The van der Waals surface area contributed by atoms with E-state index in [1.54, 1.807) is 0 Å². The molecule has 0 saturated heterocycles. The van der Waals surface area contributed by atoms with Crippen molar-refractivity contribution in [1.82, 2.24) is 5.32 Å². The molecule has 3 N–H and O–H groups in total. The van der Waals surface area contributed by atoms with E-state index in [0.29, 0.717) is 17.4 Å². The molecule has 3 unspecified atom stereocenters. The molecular weight excluding hydrogens is 371 g/mol. The third-order valence-corrected chi connectivity index (χ3v) is 5.12. The standard InChI is InChI=1S/C18H39N2O6P/c1-6-7-8-9-10-11-12-18(22)17(19-16(2)21)15-26-27(23,24)25-14-13-20(3,4)5/h17-18,22H,6-15H2,1-5H3,(H-,19,21,23,24)/p+1. The number of carbonyl (C=O) groups is 1. The van der Waals surface area contributed by atoms with Gasteiger partial charge in [0.05, 0.1) is 39.9 Å². The van der Waals surface area contributed by atoms with Crippen LogP contribution < -0.4 is 5.32 Å². The molecule has 0 spiro atoms. The molecule has 27 heavy (non-hydrogen) atoms. The zero-order valence-corrected chi connectivity index (χ0v) is 18.5. The Bertz CT molecular complexity index is 456. The van der Waals surface area contributed by atoms with E-state index in [0.717, 1.165) is 19.3 Å². The van der Waals surface area contributed by atoms with Gasteiger partial charge in [0.2, 0.25) is 5.91 Å². The van der Waals surface area contributed by atoms with E-state index in [4.69, 9.17) is 9.05 Å². The number of quaternary nitrogens is 1. The maximum absolute atomic E-state index is 12.0. The quantitative estimate of drug-likeness (QED) is 0.205. The molecule has 0 radical (unpaired) electrons. The van der Waals surface area contributed by atoms with Gasteiger partial charge in [-0.1, -0.05) is 45.4 Å². The van der Waals surface area contributed by atoms with Crippen LogP contribution >= 0.6 is 7.82 Å². The number of amides is 1. The maximum Gasteiger partial charge on any atom is 0.472 e. The lowest BCUT2D eigenvalue weighted by molar-refractivity contribution is -0.870. The van der Waals surface area contributed by atoms with Gasteiger partial charge in [0.15, 0.2) is 0 Å². The van der Waals surface area contributed by atoms with Gasteiger partial charge in [0, 0.05) is 6.92 Å². The number of rotatable bonds is 16. The van der Waals surface area contributed by atoms with E-state index in [2.05, 4.69) is 12.2 Å². The number of nitrogens with one attached hydrogen (secondary N) is 1. The van der Waals surface area contributed by atoms with Crippen molar-refractivity contribution in [3.8, 4) is 0 Å². The van der Waals surface area contributed by atoms with Gasteiger partial charge in [0.25, 0.3) is 0 Å². The van der Waals surface area contributed by atoms with Crippen molar-refractivity contribution >= 4 is 13.7 Å². The Balaban J connectivity index is 4.37. The summed E-state index contributed by atoms with van der Waals surface area (Å²) in [4.78, 5) is 21.2. The van der Waals surface area contributed by atoms with Crippen molar-refractivity contribution < 1.29 is 32.9 Å². The van der Waals surface area contributed by atoms with Gasteiger partial charge in [0.1, 0.15) is 13.2 Å². The van der Waals surface area contributed by atoms with Crippen LogP contribution in [-0.4, -0.2) is 73.4 Å². The highest BCUT2D eigenvalue weighted by atomic mass is 31.2. The predicted molar refractivity (Wildman–Crippen MR) is 106 cm³/mol. The van der Waals surface area contributed by atoms with Crippen LogP contribution in [-0.2, 0) is 18.4 Å². The largest absolute Gasteiger partial charge is 0.472 e. The highest BCUT2D eigenvalue weighted by Crippen LogP contribution is 2.43. The second-order valence-electron chi connectivity index (χ2n) is 8.04. The van der Waals surface area contributed by atoms with Crippen LogP contribution in [0.2, 0.25) is 0 Å². The van der Waals surface area contributed by atoms with Gasteiger partial charge < -0.3 is 19.8 Å². The number of phosphoric acid groups is 1. The fraction of sp³-hybridized carbons (Fsp3) is 0.944. The molecule has 0 aliphatic carbocycles. The molecule has 3 atom stereocenters. The first-order valence-corrected chi connectivity index (χ1v) is 11.3. The molecule has 8 nitrogen and oxygen atoms in total. The first-order chi connectivity index (χ1) is 12.5. The summed E-state index contributed by atoms with van der Waals surface area (Å²) in [5, 5.41) is 12.9. The Morgan fingerprint density at radius 2 is 1.70 bits per heavy atom. The number of aliphatic hydroxyl groups excluding tert-OH is 1. The number of hydrogen-bond donors (Lipinski definition) is 3. The van der Waals surface area contributed by atoms with Crippen molar-refractivity contribution in [3.63, 3.8) is 0 Å². The molecule has 0 aliphatic rings. The number of likely N-dealkylation sites (N-methyl/N-ethyl adjacent to an activating group) is 1. The lowest BCUT2D eigenvalue weighted by Crippen LogP contribution is -2.45. The van der Waals surface area contributed by atoms with Gasteiger partial charge in [-0.15, -0.1) is 0 Å². The molecule has 9 heteroatoms. The molecule has 0 bridgehead atoms. The van der Waals surface area contributed by atoms with Crippen LogP contribution in [0, 0.1) is 0 Å². The second kappa shape index (κ2) is 13.6. The van der Waals surface area contributed by atoms with Crippen LogP contribution in [0.15, 0.2) is 0 Å². The van der Waals surface area contributed by atoms with Crippen molar-refractivity contribution in [1.29, 1.82) is 0 Å². The SMILES string of the molecule is CCCCCCCCC(O)C(COP(=O)(O)OCC[N+](C)(C)C)NC(C)=O. The van der Waals surface area contributed by atoms with Crippen LogP contribution in [0.5, 0.6) is 0 Å². The normalized spacial score (nSPS) is 16.6. The van der Waals surface area contributed by atoms with Crippen LogP contribution in [0.3, 0.4) is 0 Å². The summed E-state index contributed by atoms with van der Waals surface area (Å²) < 4.78 is 22.5. The lowest BCUT2D eigenvalue weighted by atomic mass is 10.0. The van der Waals surface area contributed by atoms with Crippen LogP contribution in [0.25, 0.3) is 0 Å². The maximum atomic E-state index is 12.0. The van der Waals surface area contributed by atoms with E-state index in [-0.39, 0.29) is 19.1 Å². The topological polar surface area (TPSA) is 105 Å². The van der Waals surface area contributed by atoms with Gasteiger partial charge in [-0.3, -0.25) is 13.8 Å². The van der Waals surface area contributed by atoms with Gasteiger partial charge >= 0.3 is 7.82 Å². The number of nitrogens with zero attached hydrogens (tertiary/aromatic N) is 1. The minimum Gasteiger partial charge on any atom is -0.391 e. The highest BCUT2D eigenvalue weighted by molar-refractivity contribution is 7.47. The summed E-state index contributed by atoms with van der Waals surface area (Å²) >= 11 is 0. The minimum absolute atomic E-state index is 0.0718. The first-order valence-electron chi connectivity index (χ1n) is 9.84. The van der Waals surface area contributed by atoms with Crippen LogP contribution in [0.1, 0.15) is 58.8 Å². The fourth-order valence-corrected chi connectivity index (χ4v) is 3.22. The van der Waals surface area contributed by atoms with Crippen molar-refractivity contribution in [2.24, 2.45) is 0 Å².